The zero-order valence-corrected chi connectivity index (χ0v) is 10.1. The zero-order valence-electron chi connectivity index (χ0n) is 8.55. The van der Waals surface area contributed by atoms with Crippen molar-refractivity contribution in [3.05, 3.63) is 41.7 Å². The lowest BCUT2D eigenvalue weighted by Crippen LogP contribution is -1.88. The van der Waals surface area contributed by atoms with E-state index in [9.17, 15) is 4.79 Å². The molecule has 0 atom stereocenters. The van der Waals surface area contributed by atoms with E-state index in [1.54, 1.807) is 12.1 Å². The molecule has 0 fully saturated rings. The second-order valence-electron chi connectivity index (χ2n) is 3.18. The summed E-state index contributed by atoms with van der Waals surface area (Å²) in [7, 11) is 0. The van der Waals surface area contributed by atoms with E-state index < -0.39 is 5.24 Å². The monoisotopic (exact) mass is 267 g/mol. The van der Waals surface area contributed by atoms with Crippen molar-refractivity contribution in [2.45, 2.75) is 0 Å². The van der Waals surface area contributed by atoms with Gasteiger partial charge in [-0.3, -0.25) is 4.79 Å². The number of benzene rings is 1. The van der Waals surface area contributed by atoms with Crippen LogP contribution in [0.15, 0.2) is 36.7 Å². The van der Waals surface area contributed by atoms with Crippen molar-refractivity contribution in [1.29, 1.82) is 0 Å². The fraction of sp³-hybridized carbons (Fsp3) is 0. The molecule has 0 unspecified atom stereocenters. The maximum absolute atomic E-state index is 10.5. The predicted octanol–water partition coefficient (Wildman–Crippen LogP) is 2.83. The summed E-state index contributed by atoms with van der Waals surface area (Å²) in [6, 6.07) is 7.20. The van der Waals surface area contributed by atoms with Crippen molar-refractivity contribution in [3.63, 3.8) is 0 Å². The normalized spacial score (nSPS) is 10.9. The van der Waals surface area contributed by atoms with Crippen LogP contribution in [0, 0.1) is 0 Å². The number of halogens is 2. The molecule has 0 saturated carbocycles. The molecule has 1 aromatic heterocycles. The first-order valence-corrected chi connectivity index (χ1v) is 5.45. The van der Waals surface area contributed by atoms with Gasteiger partial charge in [-0.15, -0.1) is 5.10 Å². The first-order valence-electron chi connectivity index (χ1n) is 4.70. The van der Waals surface area contributed by atoms with E-state index in [0.29, 0.717) is 10.8 Å². The third kappa shape index (κ3) is 3.15. The maximum Gasteiger partial charge on any atom is 0.246 e. The molecule has 6 heteroatoms. The summed E-state index contributed by atoms with van der Waals surface area (Å²) in [6.45, 7) is 0. The van der Waals surface area contributed by atoms with Crippen molar-refractivity contribution in [3.8, 4) is 11.4 Å². The van der Waals surface area contributed by atoms with E-state index in [2.05, 4.69) is 10.1 Å². The van der Waals surface area contributed by atoms with Gasteiger partial charge in [-0.25, -0.2) is 9.67 Å². The van der Waals surface area contributed by atoms with Crippen molar-refractivity contribution in [2.24, 2.45) is 0 Å². The molecular formula is C11H7Cl2N3O. The minimum absolute atomic E-state index is 0.527. The SMILES string of the molecule is O=C(Cl)C=Cn1cnc(-c2cccc(Cl)c2)n1. The highest BCUT2D eigenvalue weighted by atomic mass is 35.5. The van der Waals surface area contributed by atoms with E-state index >= 15 is 0 Å². The number of allylic oxidation sites excluding steroid dienone is 1. The Labute approximate surface area is 107 Å². The molecule has 0 bridgehead atoms. The summed E-state index contributed by atoms with van der Waals surface area (Å²) in [6.07, 6.45) is 4.10. The van der Waals surface area contributed by atoms with Crippen LogP contribution in [-0.4, -0.2) is 20.0 Å². The highest BCUT2D eigenvalue weighted by Crippen LogP contribution is 2.18. The number of hydrogen-bond acceptors (Lipinski definition) is 3. The van der Waals surface area contributed by atoms with Crippen molar-refractivity contribution in [2.75, 3.05) is 0 Å². The number of carbonyl (C=O) groups excluding carboxylic acids is 1. The molecule has 4 nitrogen and oxygen atoms in total. The molecule has 2 rings (SSSR count). The van der Waals surface area contributed by atoms with Gasteiger partial charge in [0.15, 0.2) is 5.82 Å². The molecule has 86 valence electrons. The standard InChI is InChI=1S/C11H7Cl2N3O/c12-9-3-1-2-8(6-9)11-14-7-16(15-11)5-4-10(13)17/h1-7H. The number of nitrogens with zero attached hydrogens (tertiary/aromatic N) is 3. The zero-order chi connectivity index (χ0) is 12.3. The molecule has 17 heavy (non-hydrogen) atoms. The minimum atomic E-state index is -0.565. The molecule has 2 aromatic rings. The lowest BCUT2D eigenvalue weighted by molar-refractivity contribution is -0.107. The van der Waals surface area contributed by atoms with Gasteiger partial charge in [-0.1, -0.05) is 23.7 Å². The van der Waals surface area contributed by atoms with Gasteiger partial charge in [0.1, 0.15) is 6.33 Å². The van der Waals surface area contributed by atoms with Gasteiger partial charge in [0.2, 0.25) is 5.24 Å². The fourth-order valence-corrected chi connectivity index (χ4v) is 1.49. The predicted molar refractivity (Wildman–Crippen MR) is 66.7 cm³/mol. The van der Waals surface area contributed by atoms with Gasteiger partial charge in [-0.2, -0.15) is 0 Å². The van der Waals surface area contributed by atoms with E-state index in [1.165, 1.54) is 23.3 Å². The summed E-state index contributed by atoms with van der Waals surface area (Å²) >= 11 is 11.0. The Morgan fingerprint density at radius 3 is 2.94 bits per heavy atom. The van der Waals surface area contributed by atoms with Crippen LogP contribution < -0.4 is 0 Å². The topological polar surface area (TPSA) is 47.8 Å². The molecule has 0 amide bonds. The third-order valence-electron chi connectivity index (χ3n) is 1.95. The lowest BCUT2D eigenvalue weighted by atomic mass is 10.2. The van der Waals surface area contributed by atoms with E-state index in [4.69, 9.17) is 23.2 Å². The molecule has 0 aliphatic heterocycles. The summed E-state index contributed by atoms with van der Waals surface area (Å²) < 4.78 is 1.40. The Balaban J connectivity index is 2.27. The van der Waals surface area contributed by atoms with Gasteiger partial charge in [0, 0.05) is 22.9 Å². The summed E-state index contributed by atoms with van der Waals surface area (Å²) in [5.74, 6) is 0.527. The molecule has 1 aromatic carbocycles. The molecule has 0 aliphatic rings. The molecule has 0 N–H and O–H groups in total. The van der Waals surface area contributed by atoms with Crippen molar-refractivity contribution < 1.29 is 4.79 Å². The second-order valence-corrected chi connectivity index (χ2v) is 3.99. The fourth-order valence-electron chi connectivity index (χ4n) is 1.24. The summed E-state index contributed by atoms with van der Waals surface area (Å²) in [5, 5.41) is 4.19. The van der Waals surface area contributed by atoms with Gasteiger partial charge in [0.05, 0.1) is 0 Å². The highest BCUT2D eigenvalue weighted by Gasteiger charge is 2.03. The van der Waals surface area contributed by atoms with Crippen LogP contribution in [0.4, 0.5) is 0 Å². The number of carbonyl (C=O) groups is 1. The Morgan fingerprint density at radius 2 is 2.24 bits per heavy atom. The number of rotatable bonds is 3. The van der Waals surface area contributed by atoms with Crippen LogP contribution >= 0.6 is 23.2 Å². The van der Waals surface area contributed by atoms with Crippen LogP contribution in [0.1, 0.15) is 0 Å². The third-order valence-corrected chi connectivity index (χ3v) is 2.31. The largest absolute Gasteiger partial charge is 0.276 e. The maximum atomic E-state index is 10.5. The molecule has 0 aliphatic carbocycles. The highest BCUT2D eigenvalue weighted by molar-refractivity contribution is 6.66. The van der Waals surface area contributed by atoms with Crippen LogP contribution in [-0.2, 0) is 4.79 Å². The number of aromatic nitrogens is 3. The smallest absolute Gasteiger partial charge is 0.246 e. The first kappa shape index (κ1) is 11.8. The van der Waals surface area contributed by atoms with E-state index in [-0.39, 0.29) is 0 Å². The molecule has 0 saturated heterocycles. The molecule has 1 heterocycles. The molecule has 0 spiro atoms. The van der Waals surface area contributed by atoms with E-state index in [1.807, 2.05) is 12.1 Å². The van der Waals surface area contributed by atoms with E-state index in [0.717, 1.165) is 5.56 Å². The average Bonchev–Trinajstić information content (AvgIpc) is 2.75. The van der Waals surface area contributed by atoms with Gasteiger partial charge in [0.25, 0.3) is 0 Å². The average molecular weight is 268 g/mol. The molecular weight excluding hydrogens is 261 g/mol. The van der Waals surface area contributed by atoms with Crippen molar-refractivity contribution >= 4 is 34.6 Å². The minimum Gasteiger partial charge on any atom is -0.276 e. The quantitative estimate of drug-likeness (QED) is 0.635. The van der Waals surface area contributed by atoms with Crippen molar-refractivity contribution in [1.82, 2.24) is 14.8 Å². The van der Waals surface area contributed by atoms with Crippen LogP contribution in [0.3, 0.4) is 0 Å². The summed E-state index contributed by atoms with van der Waals surface area (Å²) in [5.41, 5.74) is 0.807. The van der Waals surface area contributed by atoms with Gasteiger partial charge in [-0.05, 0) is 23.7 Å². The van der Waals surface area contributed by atoms with Crippen LogP contribution in [0.2, 0.25) is 5.02 Å². The van der Waals surface area contributed by atoms with Gasteiger partial charge >= 0.3 is 0 Å². The van der Waals surface area contributed by atoms with Gasteiger partial charge < -0.3 is 0 Å². The number of hydrogen-bond donors (Lipinski definition) is 0. The molecule has 0 radical (unpaired) electrons. The summed E-state index contributed by atoms with van der Waals surface area (Å²) in [4.78, 5) is 14.6. The second kappa shape index (κ2) is 5.12. The Bertz CT molecular complexity index is 578. The van der Waals surface area contributed by atoms with Crippen LogP contribution in [0.5, 0.6) is 0 Å². The lowest BCUT2D eigenvalue weighted by Gasteiger charge is -1.95. The Hall–Kier alpha value is -1.65. The first-order chi connectivity index (χ1) is 8.15. The Morgan fingerprint density at radius 1 is 1.41 bits per heavy atom. The Kier molecular flexibility index (Phi) is 3.56. The van der Waals surface area contributed by atoms with Crippen LogP contribution in [0.25, 0.3) is 17.6 Å².